The predicted octanol–water partition coefficient (Wildman–Crippen LogP) is 2.60. The Kier molecular flexibility index (Phi) is 3.80. The average molecular weight is 286 g/mol. The first-order valence-electron chi connectivity index (χ1n) is 6.97. The lowest BCUT2D eigenvalue weighted by atomic mass is 9.83. The Labute approximate surface area is 124 Å². The van der Waals surface area contributed by atoms with Crippen LogP contribution >= 0.6 is 0 Å². The van der Waals surface area contributed by atoms with Gasteiger partial charge in [-0.3, -0.25) is 0 Å². The molecule has 1 atom stereocenters. The van der Waals surface area contributed by atoms with Gasteiger partial charge in [-0.2, -0.15) is 0 Å². The third-order valence-electron chi connectivity index (χ3n) is 4.05. The summed E-state index contributed by atoms with van der Waals surface area (Å²) in [6.07, 6.45) is 2.76. The summed E-state index contributed by atoms with van der Waals surface area (Å²) in [5.41, 5.74) is 3.91. The van der Waals surface area contributed by atoms with E-state index in [0.717, 1.165) is 22.5 Å². The molecule has 1 aromatic carbocycles. The van der Waals surface area contributed by atoms with Crippen LogP contribution in [0.4, 0.5) is 0 Å². The topological polar surface area (TPSA) is 44.8 Å². The molecule has 1 aromatic rings. The molecule has 1 fully saturated rings. The number of hydrogen-bond donors (Lipinski definition) is 0. The summed E-state index contributed by atoms with van der Waals surface area (Å²) in [5, 5.41) is 0. The molecule has 1 unspecified atom stereocenters. The Hall–Kier alpha value is -2.07. The first-order valence-corrected chi connectivity index (χ1v) is 6.97. The summed E-state index contributed by atoms with van der Waals surface area (Å²) >= 11 is 0. The monoisotopic (exact) mass is 286 g/mol. The third-order valence-corrected chi connectivity index (χ3v) is 4.05. The van der Waals surface area contributed by atoms with Crippen LogP contribution in [0.15, 0.2) is 41.5 Å². The van der Waals surface area contributed by atoms with E-state index in [2.05, 4.69) is 6.08 Å². The van der Waals surface area contributed by atoms with Crippen molar-refractivity contribution in [1.29, 1.82) is 0 Å². The minimum absolute atomic E-state index is 0.261. The van der Waals surface area contributed by atoms with E-state index < -0.39 is 0 Å². The Balaban J connectivity index is 2.04. The van der Waals surface area contributed by atoms with Crippen LogP contribution in [-0.2, 0) is 14.3 Å². The van der Waals surface area contributed by atoms with Crippen LogP contribution in [0.2, 0.25) is 0 Å². The molecular formula is C17H18O4. The van der Waals surface area contributed by atoms with Gasteiger partial charge in [0.15, 0.2) is 0 Å². The van der Waals surface area contributed by atoms with Gasteiger partial charge in [0.2, 0.25) is 0 Å². The van der Waals surface area contributed by atoms with Crippen LogP contribution in [-0.4, -0.2) is 33.4 Å². The zero-order chi connectivity index (χ0) is 14.8. The van der Waals surface area contributed by atoms with Gasteiger partial charge in [0.05, 0.1) is 27.4 Å². The normalized spacial score (nSPS) is 20.9. The van der Waals surface area contributed by atoms with E-state index in [4.69, 9.17) is 14.2 Å². The molecule has 1 saturated heterocycles. The summed E-state index contributed by atoms with van der Waals surface area (Å²) in [5.74, 6) is 0.841. The van der Waals surface area contributed by atoms with Crippen molar-refractivity contribution in [3.8, 4) is 5.75 Å². The van der Waals surface area contributed by atoms with Crippen LogP contribution < -0.4 is 4.74 Å². The smallest absolute Gasteiger partial charge is 0.334 e. The maximum atomic E-state index is 12.1. The van der Waals surface area contributed by atoms with Crippen molar-refractivity contribution in [1.82, 2.24) is 0 Å². The summed E-state index contributed by atoms with van der Waals surface area (Å²) in [4.78, 5) is 12.1. The van der Waals surface area contributed by atoms with Gasteiger partial charge in [0.25, 0.3) is 0 Å². The van der Waals surface area contributed by atoms with E-state index in [1.54, 1.807) is 7.11 Å². The SMILES string of the molecule is COC(=O)C1=C(c2ccc(OC)cc2)C=C2COCC2C1. The van der Waals surface area contributed by atoms with Gasteiger partial charge >= 0.3 is 5.97 Å². The zero-order valence-corrected chi connectivity index (χ0v) is 12.2. The predicted molar refractivity (Wildman–Crippen MR) is 78.9 cm³/mol. The van der Waals surface area contributed by atoms with Crippen molar-refractivity contribution >= 4 is 11.5 Å². The number of benzene rings is 1. The molecular weight excluding hydrogens is 268 g/mol. The highest BCUT2D eigenvalue weighted by atomic mass is 16.5. The van der Waals surface area contributed by atoms with Crippen molar-refractivity contribution in [2.24, 2.45) is 5.92 Å². The highest BCUT2D eigenvalue weighted by molar-refractivity contribution is 6.01. The molecule has 0 radical (unpaired) electrons. The Bertz CT molecular complexity index is 610. The molecule has 21 heavy (non-hydrogen) atoms. The van der Waals surface area contributed by atoms with Crippen molar-refractivity contribution in [2.75, 3.05) is 27.4 Å². The average Bonchev–Trinajstić information content (AvgIpc) is 3.00. The molecule has 0 spiro atoms. The van der Waals surface area contributed by atoms with Gasteiger partial charge in [-0.05, 0) is 35.3 Å². The second-order valence-corrected chi connectivity index (χ2v) is 5.25. The van der Waals surface area contributed by atoms with E-state index in [0.29, 0.717) is 25.6 Å². The molecule has 4 heteroatoms. The summed E-state index contributed by atoms with van der Waals surface area (Å²) in [7, 11) is 3.06. The fourth-order valence-corrected chi connectivity index (χ4v) is 2.87. The van der Waals surface area contributed by atoms with Crippen molar-refractivity contribution in [3.63, 3.8) is 0 Å². The quantitative estimate of drug-likeness (QED) is 0.801. The molecule has 0 amide bonds. The van der Waals surface area contributed by atoms with Crippen molar-refractivity contribution in [3.05, 3.63) is 47.1 Å². The molecule has 1 aliphatic carbocycles. The molecule has 0 saturated carbocycles. The largest absolute Gasteiger partial charge is 0.497 e. The minimum atomic E-state index is -0.261. The number of hydrogen-bond acceptors (Lipinski definition) is 4. The van der Waals surface area contributed by atoms with Crippen molar-refractivity contribution in [2.45, 2.75) is 6.42 Å². The van der Waals surface area contributed by atoms with Gasteiger partial charge in [-0.25, -0.2) is 4.79 Å². The Morgan fingerprint density at radius 2 is 2.00 bits per heavy atom. The molecule has 0 N–H and O–H groups in total. The number of rotatable bonds is 3. The van der Waals surface area contributed by atoms with E-state index in [9.17, 15) is 4.79 Å². The Morgan fingerprint density at radius 3 is 2.67 bits per heavy atom. The number of allylic oxidation sites excluding steroid dienone is 2. The Morgan fingerprint density at radius 1 is 1.24 bits per heavy atom. The fraction of sp³-hybridized carbons (Fsp3) is 0.353. The fourth-order valence-electron chi connectivity index (χ4n) is 2.87. The van der Waals surface area contributed by atoms with Crippen molar-refractivity contribution < 1.29 is 19.0 Å². The molecule has 110 valence electrons. The number of methoxy groups -OCH3 is 2. The number of carbonyl (C=O) groups excluding carboxylic acids is 1. The van der Waals surface area contributed by atoms with Gasteiger partial charge in [-0.1, -0.05) is 18.2 Å². The molecule has 0 bridgehead atoms. The van der Waals surface area contributed by atoms with Gasteiger partial charge in [0, 0.05) is 11.5 Å². The molecule has 4 nitrogen and oxygen atoms in total. The lowest BCUT2D eigenvalue weighted by Crippen LogP contribution is -2.16. The lowest BCUT2D eigenvalue weighted by molar-refractivity contribution is -0.136. The molecule has 3 rings (SSSR count). The summed E-state index contributed by atoms with van der Waals surface area (Å²) in [6.45, 7) is 1.33. The van der Waals surface area contributed by atoms with Crippen LogP contribution in [0.25, 0.3) is 5.57 Å². The van der Waals surface area contributed by atoms with E-state index in [1.165, 1.54) is 12.7 Å². The van der Waals surface area contributed by atoms with Gasteiger partial charge < -0.3 is 14.2 Å². The molecule has 1 heterocycles. The highest BCUT2D eigenvalue weighted by Gasteiger charge is 2.31. The van der Waals surface area contributed by atoms with E-state index in [-0.39, 0.29) is 5.97 Å². The number of fused-ring (bicyclic) bond motifs is 1. The van der Waals surface area contributed by atoms with Crippen LogP contribution in [0.1, 0.15) is 12.0 Å². The van der Waals surface area contributed by atoms with E-state index in [1.807, 2.05) is 24.3 Å². The van der Waals surface area contributed by atoms with Crippen LogP contribution in [0.3, 0.4) is 0 Å². The van der Waals surface area contributed by atoms with Crippen LogP contribution in [0.5, 0.6) is 5.75 Å². The van der Waals surface area contributed by atoms with Gasteiger partial charge in [0.1, 0.15) is 5.75 Å². The maximum Gasteiger partial charge on any atom is 0.334 e. The summed E-state index contributed by atoms with van der Waals surface area (Å²) in [6, 6.07) is 7.72. The highest BCUT2D eigenvalue weighted by Crippen LogP contribution is 2.38. The zero-order valence-electron chi connectivity index (χ0n) is 12.2. The number of esters is 1. The minimum Gasteiger partial charge on any atom is -0.497 e. The first kappa shape index (κ1) is 13.9. The van der Waals surface area contributed by atoms with Crippen LogP contribution in [0, 0.1) is 5.92 Å². The van der Waals surface area contributed by atoms with Gasteiger partial charge in [-0.15, -0.1) is 0 Å². The number of carbonyl (C=O) groups is 1. The second-order valence-electron chi connectivity index (χ2n) is 5.25. The number of ether oxygens (including phenoxy) is 3. The second kappa shape index (κ2) is 5.74. The molecule has 0 aromatic heterocycles. The first-order chi connectivity index (χ1) is 10.2. The summed E-state index contributed by atoms with van der Waals surface area (Å²) < 4.78 is 15.6. The standard InChI is InChI=1S/C17H18O4/c1-19-14-5-3-11(4-6-14)15-7-12-9-21-10-13(12)8-16(15)17(18)20-2/h3-7,13H,8-10H2,1-2H3. The van der Waals surface area contributed by atoms with E-state index >= 15 is 0 Å². The lowest BCUT2D eigenvalue weighted by Gasteiger charge is -2.21. The third kappa shape index (κ3) is 2.59. The molecule has 1 aliphatic heterocycles. The molecule has 2 aliphatic rings. The maximum absolute atomic E-state index is 12.1.